The van der Waals surface area contributed by atoms with Gasteiger partial charge in [0.05, 0.1) is 11.8 Å². The molecule has 0 aliphatic carbocycles. The first kappa shape index (κ1) is 11.2. The molecule has 1 aromatic heterocycles. The van der Waals surface area contributed by atoms with E-state index in [1.54, 1.807) is 12.3 Å². The lowest BCUT2D eigenvalue weighted by Crippen LogP contribution is -2.09. The summed E-state index contributed by atoms with van der Waals surface area (Å²) >= 11 is 5.78. The average molecular weight is 258 g/mol. The molecule has 18 heavy (non-hydrogen) atoms. The summed E-state index contributed by atoms with van der Waals surface area (Å²) in [7, 11) is 0. The number of pyridine rings is 1. The number of hydrogen-bond acceptors (Lipinski definition) is 3. The van der Waals surface area contributed by atoms with E-state index in [1.807, 2.05) is 24.3 Å². The fourth-order valence-corrected chi connectivity index (χ4v) is 2.16. The van der Waals surface area contributed by atoms with Crippen LogP contribution >= 0.6 is 11.6 Å². The molecule has 1 aliphatic heterocycles. The molecule has 1 aromatic carbocycles. The number of halogens is 1. The largest absolute Gasteiger partial charge is 0.302 e. The Hall–Kier alpha value is -1.87. The number of rotatable bonds is 2. The van der Waals surface area contributed by atoms with Gasteiger partial charge in [0.2, 0.25) is 0 Å². The Kier molecular flexibility index (Phi) is 2.99. The normalized spacial score (nSPS) is 18.3. The number of benzene rings is 1. The van der Waals surface area contributed by atoms with Gasteiger partial charge in [-0.15, -0.1) is 0 Å². The second-order valence-corrected chi connectivity index (χ2v) is 4.61. The molecule has 0 saturated carbocycles. The number of hydrazone groups is 1. The zero-order valence-electron chi connectivity index (χ0n) is 9.68. The van der Waals surface area contributed by atoms with E-state index in [0.29, 0.717) is 5.15 Å². The predicted octanol–water partition coefficient (Wildman–Crippen LogP) is 3.17. The summed E-state index contributed by atoms with van der Waals surface area (Å²) in [6, 6.07) is 14.3. The van der Waals surface area contributed by atoms with Gasteiger partial charge in [0.1, 0.15) is 5.15 Å². The third-order valence-corrected chi connectivity index (χ3v) is 3.24. The molecule has 2 heterocycles. The van der Waals surface area contributed by atoms with Gasteiger partial charge < -0.3 is 5.43 Å². The SMILES string of the molecule is Clc1ccc(C2=NNC(c3ccccc3)C2)cn1. The third kappa shape index (κ3) is 2.22. The van der Waals surface area contributed by atoms with Crippen LogP contribution < -0.4 is 5.43 Å². The molecular weight excluding hydrogens is 246 g/mol. The van der Waals surface area contributed by atoms with Crippen LogP contribution in [0.15, 0.2) is 53.8 Å². The maximum Gasteiger partial charge on any atom is 0.129 e. The van der Waals surface area contributed by atoms with Crippen molar-refractivity contribution in [3.8, 4) is 0 Å². The molecule has 2 aromatic rings. The Labute approximate surface area is 111 Å². The van der Waals surface area contributed by atoms with Gasteiger partial charge >= 0.3 is 0 Å². The summed E-state index contributed by atoms with van der Waals surface area (Å²) in [6.07, 6.45) is 2.63. The lowest BCUT2D eigenvalue weighted by molar-refractivity contribution is 0.620. The zero-order chi connectivity index (χ0) is 12.4. The van der Waals surface area contributed by atoms with Crippen LogP contribution in [0.25, 0.3) is 0 Å². The predicted molar refractivity (Wildman–Crippen MR) is 72.7 cm³/mol. The molecule has 3 nitrogen and oxygen atoms in total. The number of nitrogens with zero attached hydrogens (tertiary/aromatic N) is 2. The Morgan fingerprint density at radius 3 is 2.67 bits per heavy atom. The van der Waals surface area contributed by atoms with Crippen LogP contribution in [0.1, 0.15) is 23.6 Å². The lowest BCUT2D eigenvalue weighted by Gasteiger charge is -2.09. The summed E-state index contributed by atoms with van der Waals surface area (Å²) in [6.45, 7) is 0. The van der Waals surface area contributed by atoms with E-state index in [1.165, 1.54) is 5.56 Å². The summed E-state index contributed by atoms with van der Waals surface area (Å²) in [5.74, 6) is 0. The zero-order valence-corrected chi connectivity index (χ0v) is 10.4. The fraction of sp³-hybridized carbons (Fsp3) is 0.143. The molecule has 0 spiro atoms. The van der Waals surface area contributed by atoms with E-state index in [0.717, 1.165) is 17.7 Å². The van der Waals surface area contributed by atoms with Gasteiger partial charge in [-0.25, -0.2) is 4.98 Å². The number of nitrogens with one attached hydrogen (secondary N) is 1. The smallest absolute Gasteiger partial charge is 0.129 e. The van der Waals surface area contributed by atoms with E-state index >= 15 is 0 Å². The van der Waals surface area contributed by atoms with Crippen molar-refractivity contribution in [1.29, 1.82) is 0 Å². The molecular formula is C14H12ClN3. The Bertz CT molecular complexity index is 563. The van der Waals surface area contributed by atoms with Crippen LogP contribution in [-0.2, 0) is 0 Å². The fourth-order valence-electron chi connectivity index (χ4n) is 2.05. The molecule has 90 valence electrons. The standard InChI is InChI=1S/C14H12ClN3/c15-14-7-6-11(9-16-14)13-8-12(17-18-13)10-4-2-1-3-5-10/h1-7,9,12,17H,8H2. The molecule has 1 aliphatic rings. The van der Waals surface area contributed by atoms with E-state index in [9.17, 15) is 0 Å². The van der Waals surface area contributed by atoms with Crippen LogP contribution in [0.4, 0.5) is 0 Å². The molecule has 4 heteroatoms. The first-order valence-corrected chi connectivity index (χ1v) is 6.20. The Morgan fingerprint density at radius 2 is 1.94 bits per heavy atom. The van der Waals surface area contributed by atoms with Gasteiger partial charge in [-0.3, -0.25) is 0 Å². The van der Waals surface area contributed by atoms with Crippen molar-refractivity contribution in [3.63, 3.8) is 0 Å². The first-order valence-electron chi connectivity index (χ1n) is 5.82. The minimum Gasteiger partial charge on any atom is -0.302 e. The van der Waals surface area contributed by atoms with Crippen molar-refractivity contribution in [3.05, 3.63) is 64.9 Å². The number of hydrogen-bond donors (Lipinski definition) is 1. The maximum atomic E-state index is 5.78. The molecule has 1 N–H and O–H groups in total. The van der Waals surface area contributed by atoms with E-state index in [-0.39, 0.29) is 6.04 Å². The van der Waals surface area contributed by atoms with Crippen molar-refractivity contribution in [1.82, 2.24) is 10.4 Å². The van der Waals surface area contributed by atoms with Crippen LogP contribution in [0.5, 0.6) is 0 Å². The van der Waals surface area contributed by atoms with Gasteiger partial charge in [0.15, 0.2) is 0 Å². The van der Waals surface area contributed by atoms with Crippen LogP contribution in [0.2, 0.25) is 5.15 Å². The summed E-state index contributed by atoms with van der Waals surface area (Å²) in [5.41, 5.74) is 6.45. The Morgan fingerprint density at radius 1 is 1.11 bits per heavy atom. The molecule has 0 saturated heterocycles. The Balaban J connectivity index is 1.77. The lowest BCUT2D eigenvalue weighted by atomic mass is 10.0. The van der Waals surface area contributed by atoms with E-state index in [2.05, 4.69) is 27.6 Å². The second kappa shape index (κ2) is 4.78. The highest BCUT2D eigenvalue weighted by Crippen LogP contribution is 2.24. The van der Waals surface area contributed by atoms with E-state index in [4.69, 9.17) is 11.6 Å². The summed E-state index contributed by atoms with van der Waals surface area (Å²) in [4.78, 5) is 4.08. The monoisotopic (exact) mass is 257 g/mol. The summed E-state index contributed by atoms with van der Waals surface area (Å²) < 4.78 is 0. The molecule has 1 atom stereocenters. The highest BCUT2D eigenvalue weighted by molar-refractivity contribution is 6.29. The second-order valence-electron chi connectivity index (χ2n) is 4.22. The molecule has 0 radical (unpaired) electrons. The molecule has 1 unspecified atom stereocenters. The third-order valence-electron chi connectivity index (χ3n) is 3.02. The van der Waals surface area contributed by atoms with Crippen molar-refractivity contribution in [2.45, 2.75) is 12.5 Å². The average Bonchev–Trinajstić information content (AvgIpc) is 2.90. The van der Waals surface area contributed by atoms with Gasteiger partial charge in [-0.1, -0.05) is 41.9 Å². The minimum atomic E-state index is 0.247. The van der Waals surface area contributed by atoms with Crippen molar-refractivity contribution < 1.29 is 0 Å². The van der Waals surface area contributed by atoms with Crippen LogP contribution in [0, 0.1) is 0 Å². The number of aromatic nitrogens is 1. The highest BCUT2D eigenvalue weighted by Gasteiger charge is 2.20. The molecule has 0 fully saturated rings. The minimum absolute atomic E-state index is 0.247. The van der Waals surface area contributed by atoms with Crippen molar-refractivity contribution >= 4 is 17.3 Å². The van der Waals surface area contributed by atoms with Crippen LogP contribution in [0.3, 0.4) is 0 Å². The highest BCUT2D eigenvalue weighted by atomic mass is 35.5. The topological polar surface area (TPSA) is 37.3 Å². The van der Waals surface area contributed by atoms with Gasteiger partial charge in [-0.2, -0.15) is 5.10 Å². The maximum absolute atomic E-state index is 5.78. The molecule has 3 rings (SSSR count). The van der Waals surface area contributed by atoms with E-state index < -0.39 is 0 Å². The van der Waals surface area contributed by atoms with Gasteiger partial charge in [-0.05, 0) is 17.7 Å². The summed E-state index contributed by atoms with van der Waals surface area (Å²) in [5, 5.41) is 4.88. The van der Waals surface area contributed by atoms with Gasteiger partial charge in [0, 0.05) is 18.2 Å². The quantitative estimate of drug-likeness (QED) is 0.839. The first-order chi connectivity index (χ1) is 8.83. The van der Waals surface area contributed by atoms with Crippen molar-refractivity contribution in [2.24, 2.45) is 5.10 Å². The van der Waals surface area contributed by atoms with Crippen LogP contribution in [-0.4, -0.2) is 10.7 Å². The molecule has 0 amide bonds. The van der Waals surface area contributed by atoms with Gasteiger partial charge in [0.25, 0.3) is 0 Å². The van der Waals surface area contributed by atoms with Crippen molar-refractivity contribution in [2.75, 3.05) is 0 Å². The molecule has 0 bridgehead atoms.